The number of rotatable bonds is 4. The lowest BCUT2D eigenvalue weighted by Crippen LogP contribution is -2.15. The summed E-state index contributed by atoms with van der Waals surface area (Å²) in [7, 11) is 3.12. The van der Waals surface area contributed by atoms with Crippen molar-refractivity contribution in [1.82, 2.24) is 0 Å². The maximum Gasteiger partial charge on any atom is 0.143 e. The SMILES string of the molecule is COc1c(Cl)cc(Cl)cc1C(CN)OC. The van der Waals surface area contributed by atoms with Crippen LogP contribution < -0.4 is 10.5 Å². The Morgan fingerprint density at radius 3 is 2.47 bits per heavy atom. The zero-order valence-electron chi connectivity index (χ0n) is 8.59. The fraction of sp³-hybridized carbons (Fsp3) is 0.400. The maximum atomic E-state index is 5.99. The van der Waals surface area contributed by atoms with E-state index in [0.29, 0.717) is 22.3 Å². The Morgan fingerprint density at radius 2 is 2.00 bits per heavy atom. The normalized spacial score (nSPS) is 12.6. The van der Waals surface area contributed by atoms with Gasteiger partial charge in [-0.05, 0) is 12.1 Å². The van der Waals surface area contributed by atoms with E-state index in [9.17, 15) is 0 Å². The Labute approximate surface area is 99.1 Å². The highest BCUT2D eigenvalue weighted by Crippen LogP contribution is 2.36. The van der Waals surface area contributed by atoms with Gasteiger partial charge in [0.05, 0.1) is 18.2 Å². The van der Waals surface area contributed by atoms with E-state index in [4.69, 9.17) is 38.4 Å². The summed E-state index contributed by atoms with van der Waals surface area (Å²) < 4.78 is 10.4. The fourth-order valence-electron chi connectivity index (χ4n) is 1.38. The molecule has 0 saturated heterocycles. The van der Waals surface area contributed by atoms with Crippen molar-refractivity contribution in [2.45, 2.75) is 6.10 Å². The molecule has 15 heavy (non-hydrogen) atoms. The first-order chi connectivity index (χ1) is 7.13. The minimum Gasteiger partial charge on any atom is -0.495 e. The molecule has 0 aliphatic heterocycles. The number of halogens is 2. The maximum absolute atomic E-state index is 5.99. The van der Waals surface area contributed by atoms with Gasteiger partial charge in [-0.3, -0.25) is 0 Å². The Balaban J connectivity index is 3.24. The number of benzene rings is 1. The fourth-order valence-corrected chi connectivity index (χ4v) is 1.97. The third kappa shape index (κ3) is 2.75. The summed E-state index contributed by atoms with van der Waals surface area (Å²) in [5.74, 6) is 0.554. The summed E-state index contributed by atoms with van der Waals surface area (Å²) in [5.41, 5.74) is 6.34. The van der Waals surface area contributed by atoms with Gasteiger partial charge in [-0.25, -0.2) is 0 Å². The van der Waals surface area contributed by atoms with Crippen molar-refractivity contribution in [3.63, 3.8) is 0 Å². The van der Waals surface area contributed by atoms with E-state index >= 15 is 0 Å². The first-order valence-electron chi connectivity index (χ1n) is 4.39. The molecule has 0 fully saturated rings. The summed E-state index contributed by atoms with van der Waals surface area (Å²) in [6.45, 7) is 0.337. The van der Waals surface area contributed by atoms with E-state index in [-0.39, 0.29) is 6.10 Å². The molecule has 2 N–H and O–H groups in total. The van der Waals surface area contributed by atoms with Gasteiger partial charge in [0.1, 0.15) is 5.75 Å². The van der Waals surface area contributed by atoms with Crippen molar-refractivity contribution in [2.24, 2.45) is 5.73 Å². The first-order valence-corrected chi connectivity index (χ1v) is 5.15. The largest absolute Gasteiger partial charge is 0.495 e. The lowest BCUT2D eigenvalue weighted by atomic mass is 10.1. The van der Waals surface area contributed by atoms with E-state index in [2.05, 4.69) is 0 Å². The van der Waals surface area contributed by atoms with Gasteiger partial charge in [-0.15, -0.1) is 0 Å². The molecule has 0 aromatic heterocycles. The van der Waals surface area contributed by atoms with Gasteiger partial charge in [0.25, 0.3) is 0 Å². The van der Waals surface area contributed by atoms with Crippen molar-refractivity contribution in [3.05, 3.63) is 27.7 Å². The molecule has 1 aromatic rings. The third-order valence-electron chi connectivity index (χ3n) is 2.09. The first kappa shape index (κ1) is 12.6. The van der Waals surface area contributed by atoms with Gasteiger partial charge in [0.2, 0.25) is 0 Å². The Kier molecular flexibility index (Phi) is 4.67. The van der Waals surface area contributed by atoms with Gasteiger partial charge in [-0.2, -0.15) is 0 Å². The molecule has 0 heterocycles. The highest BCUT2D eigenvalue weighted by Gasteiger charge is 2.17. The Morgan fingerprint density at radius 1 is 1.33 bits per heavy atom. The van der Waals surface area contributed by atoms with Crippen molar-refractivity contribution in [1.29, 1.82) is 0 Å². The van der Waals surface area contributed by atoms with E-state index in [1.165, 1.54) is 0 Å². The zero-order valence-corrected chi connectivity index (χ0v) is 10.1. The Hall–Kier alpha value is -0.480. The molecule has 1 aromatic carbocycles. The Bertz CT molecular complexity index is 340. The third-order valence-corrected chi connectivity index (χ3v) is 2.59. The van der Waals surface area contributed by atoms with E-state index in [1.54, 1.807) is 26.4 Å². The van der Waals surface area contributed by atoms with Crippen molar-refractivity contribution < 1.29 is 9.47 Å². The molecule has 0 saturated carbocycles. The van der Waals surface area contributed by atoms with E-state index in [1.807, 2.05) is 0 Å². The molecule has 0 aliphatic rings. The van der Waals surface area contributed by atoms with E-state index < -0.39 is 0 Å². The quantitative estimate of drug-likeness (QED) is 0.893. The van der Waals surface area contributed by atoms with Crippen LogP contribution in [-0.4, -0.2) is 20.8 Å². The second-order valence-electron chi connectivity index (χ2n) is 2.97. The summed E-state index contributed by atoms with van der Waals surface area (Å²) in [5, 5.41) is 0.988. The number of hydrogen-bond acceptors (Lipinski definition) is 3. The summed E-state index contributed by atoms with van der Waals surface area (Å²) in [4.78, 5) is 0. The highest BCUT2D eigenvalue weighted by atomic mass is 35.5. The molecule has 1 rings (SSSR count). The van der Waals surface area contributed by atoms with Gasteiger partial charge in [0, 0.05) is 24.2 Å². The number of hydrogen-bond donors (Lipinski definition) is 1. The molecule has 84 valence electrons. The topological polar surface area (TPSA) is 44.5 Å². The number of methoxy groups -OCH3 is 2. The summed E-state index contributed by atoms with van der Waals surface area (Å²) in [6, 6.07) is 3.36. The van der Waals surface area contributed by atoms with Gasteiger partial charge in [-0.1, -0.05) is 23.2 Å². The molecule has 0 radical (unpaired) electrons. The monoisotopic (exact) mass is 249 g/mol. The molecule has 0 amide bonds. The second kappa shape index (κ2) is 5.56. The molecule has 3 nitrogen and oxygen atoms in total. The predicted molar refractivity (Wildman–Crippen MR) is 61.8 cm³/mol. The van der Waals surface area contributed by atoms with Crippen LogP contribution in [-0.2, 0) is 4.74 Å². The van der Waals surface area contributed by atoms with Crippen molar-refractivity contribution in [3.8, 4) is 5.75 Å². The van der Waals surface area contributed by atoms with Crippen LogP contribution in [0.3, 0.4) is 0 Å². The zero-order chi connectivity index (χ0) is 11.4. The van der Waals surface area contributed by atoms with Crippen LogP contribution in [0.1, 0.15) is 11.7 Å². The van der Waals surface area contributed by atoms with Crippen molar-refractivity contribution in [2.75, 3.05) is 20.8 Å². The van der Waals surface area contributed by atoms with Gasteiger partial charge < -0.3 is 15.2 Å². The lowest BCUT2D eigenvalue weighted by molar-refractivity contribution is 0.108. The van der Waals surface area contributed by atoms with Gasteiger partial charge in [0.15, 0.2) is 0 Å². The summed E-state index contributed by atoms with van der Waals surface area (Å²) >= 11 is 11.9. The molecule has 0 aliphatic carbocycles. The average molecular weight is 250 g/mol. The average Bonchev–Trinajstić information content (AvgIpc) is 2.19. The molecular formula is C10H13Cl2NO2. The predicted octanol–water partition coefficient (Wildman–Crippen LogP) is 2.65. The lowest BCUT2D eigenvalue weighted by Gasteiger charge is -2.18. The molecule has 5 heteroatoms. The minimum absolute atomic E-state index is 0.267. The van der Waals surface area contributed by atoms with Crippen LogP contribution in [0.5, 0.6) is 5.75 Å². The van der Waals surface area contributed by atoms with Crippen molar-refractivity contribution >= 4 is 23.2 Å². The minimum atomic E-state index is -0.267. The highest BCUT2D eigenvalue weighted by molar-refractivity contribution is 6.35. The van der Waals surface area contributed by atoms with Crippen LogP contribution >= 0.6 is 23.2 Å². The molecule has 1 atom stereocenters. The number of nitrogens with two attached hydrogens (primary N) is 1. The van der Waals surface area contributed by atoms with Gasteiger partial charge >= 0.3 is 0 Å². The number of ether oxygens (including phenoxy) is 2. The second-order valence-corrected chi connectivity index (χ2v) is 3.81. The molecule has 1 unspecified atom stereocenters. The van der Waals surface area contributed by atoms with Crippen LogP contribution in [0.25, 0.3) is 0 Å². The smallest absolute Gasteiger partial charge is 0.143 e. The van der Waals surface area contributed by atoms with Crippen LogP contribution in [0.4, 0.5) is 0 Å². The van der Waals surface area contributed by atoms with E-state index in [0.717, 1.165) is 5.56 Å². The standard InChI is InChI=1S/C10H13Cl2NO2/c1-14-9(5-13)7-3-6(11)4-8(12)10(7)15-2/h3-4,9H,5,13H2,1-2H3. The van der Waals surface area contributed by atoms with Crippen LogP contribution in [0.15, 0.2) is 12.1 Å². The molecule has 0 spiro atoms. The van der Waals surface area contributed by atoms with Crippen LogP contribution in [0.2, 0.25) is 10.0 Å². The molecule has 0 bridgehead atoms. The summed E-state index contributed by atoms with van der Waals surface area (Å²) in [6.07, 6.45) is -0.267. The molecular weight excluding hydrogens is 237 g/mol. The van der Waals surface area contributed by atoms with Crippen LogP contribution in [0, 0.1) is 0 Å².